The van der Waals surface area contributed by atoms with Crippen molar-refractivity contribution < 1.29 is 54.9 Å². The zero-order chi connectivity index (χ0) is 28.7. The summed E-state index contributed by atoms with van der Waals surface area (Å²) in [4.78, 5) is 38.7. The van der Waals surface area contributed by atoms with Crippen molar-refractivity contribution in [1.29, 1.82) is 0 Å². The highest BCUT2D eigenvalue weighted by molar-refractivity contribution is 6.30. The van der Waals surface area contributed by atoms with E-state index in [9.17, 15) is 50.1 Å². The molecule has 0 spiro atoms. The summed E-state index contributed by atoms with van der Waals surface area (Å²) in [6.45, 7) is 4.33. The Bertz CT molecular complexity index is 1640. The fourth-order valence-corrected chi connectivity index (χ4v) is 5.60. The number of aliphatic hydroxyl groups excluding tert-OH is 1. The summed E-state index contributed by atoms with van der Waals surface area (Å²) in [5.74, 6) is -7.46. The summed E-state index contributed by atoms with van der Waals surface area (Å²) in [5, 5.41) is 73.5. The third-order valence-corrected chi connectivity index (χ3v) is 7.65. The number of carbonyl (C=O) groups is 3. The van der Waals surface area contributed by atoms with Gasteiger partial charge in [-0.2, -0.15) is 0 Å². The largest absolute Gasteiger partial charge is 0.507 e. The molecular formula is C28H24O11. The summed E-state index contributed by atoms with van der Waals surface area (Å²) in [5.41, 5.74) is -2.23. The molecule has 1 aliphatic heterocycles. The number of carboxylic acid groups (broad SMARTS) is 1. The van der Waals surface area contributed by atoms with Crippen LogP contribution < -0.4 is 0 Å². The smallest absolute Gasteiger partial charge is 0.343 e. The van der Waals surface area contributed by atoms with Gasteiger partial charge in [0.05, 0.1) is 29.4 Å². The number of ether oxygens (including phenoxy) is 1. The van der Waals surface area contributed by atoms with Crippen LogP contribution in [-0.2, 0) is 11.3 Å². The minimum atomic E-state index is -1.63. The molecule has 0 fully saturated rings. The molecule has 39 heavy (non-hydrogen) atoms. The summed E-state index contributed by atoms with van der Waals surface area (Å²) >= 11 is 0. The van der Waals surface area contributed by atoms with Crippen LogP contribution in [0.2, 0.25) is 0 Å². The van der Waals surface area contributed by atoms with Crippen molar-refractivity contribution in [3.05, 3.63) is 73.8 Å². The molecule has 3 aromatic carbocycles. The van der Waals surface area contributed by atoms with E-state index < -0.39 is 93.3 Å². The first-order valence-corrected chi connectivity index (χ1v) is 11.9. The zero-order valence-corrected chi connectivity index (χ0v) is 20.9. The lowest BCUT2D eigenvalue weighted by Gasteiger charge is -2.38. The van der Waals surface area contributed by atoms with E-state index in [0.717, 1.165) is 12.1 Å². The molecule has 1 heterocycles. The Morgan fingerprint density at radius 2 is 1.46 bits per heavy atom. The number of hydrogen-bond acceptors (Lipinski definition) is 10. The van der Waals surface area contributed by atoms with Gasteiger partial charge in [-0.25, -0.2) is 4.79 Å². The van der Waals surface area contributed by atoms with E-state index in [1.165, 1.54) is 13.0 Å². The van der Waals surface area contributed by atoms with Crippen molar-refractivity contribution in [3.63, 3.8) is 0 Å². The van der Waals surface area contributed by atoms with Crippen LogP contribution in [0.15, 0.2) is 18.2 Å². The SMILES string of the molecule is Cc1c(O)c(C(=O)O)c(O)c2c1[C@H](C)[C@@H](C)O[C@@H]2c1c(O)cc2c(c1O)C(=O)c1c(O)cc(CO)cc1C2=O. The molecule has 0 aromatic heterocycles. The standard InChI is InChI=1S/C28H24O11/c1-8-10(3)39-27(20-16(8)9(2)22(32)21(26(20)36)28(37)38)19-15(31)6-13-18(25(19)35)24(34)17-12(23(13)33)4-11(7-29)5-14(17)30/h4-6,8,10,27,29-32,35-36H,7H2,1-3H3,(H,37,38)/t8-,10-,27-/m1/s1. The Kier molecular flexibility index (Phi) is 5.82. The van der Waals surface area contributed by atoms with Crippen LogP contribution in [0, 0.1) is 6.92 Å². The Balaban J connectivity index is 1.81. The number of aromatic hydroxyl groups is 5. The second kappa shape index (κ2) is 8.72. The maximum absolute atomic E-state index is 13.5. The number of carbonyl (C=O) groups excluding carboxylic acids is 2. The topological polar surface area (TPSA) is 202 Å². The van der Waals surface area contributed by atoms with Crippen LogP contribution >= 0.6 is 0 Å². The van der Waals surface area contributed by atoms with Gasteiger partial charge in [-0.05, 0) is 48.7 Å². The first-order chi connectivity index (χ1) is 18.3. The maximum Gasteiger partial charge on any atom is 0.343 e. The number of rotatable bonds is 3. The van der Waals surface area contributed by atoms with Crippen LogP contribution in [0.5, 0.6) is 28.7 Å². The third kappa shape index (κ3) is 3.47. The Hall–Kier alpha value is -4.61. The van der Waals surface area contributed by atoms with Gasteiger partial charge >= 0.3 is 5.97 Å². The van der Waals surface area contributed by atoms with Gasteiger partial charge in [0, 0.05) is 22.6 Å². The predicted molar refractivity (Wildman–Crippen MR) is 133 cm³/mol. The highest BCUT2D eigenvalue weighted by Crippen LogP contribution is 2.55. The highest BCUT2D eigenvalue weighted by atomic mass is 16.5. The minimum Gasteiger partial charge on any atom is -0.507 e. The van der Waals surface area contributed by atoms with Gasteiger partial charge < -0.3 is 40.5 Å². The number of carboxylic acids is 1. The number of hydrogen-bond donors (Lipinski definition) is 7. The first-order valence-electron chi connectivity index (χ1n) is 11.9. The van der Waals surface area contributed by atoms with Crippen molar-refractivity contribution in [3.8, 4) is 28.7 Å². The molecule has 5 rings (SSSR count). The predicted octanol–water partition coefficient (Wildman–Crippen LogP) is 3.10. The number of phenols is 5. The minimum absolute atomic E-state index is 0.135. The molecule has 0 radical (unpaired) electrons. The van der Waals surface area contributed by atoms with Gasteiger partial charge in [0.15, 0.2) is 5.78 Å². The number of ketones is 2. The number of fused-ring (bicyclic) bond motifs is 3. The van der Waals surface area contributed by atoms with Crippen molar-refractivity contribution in [1.82, 2.24) is 0 Å². The van der Waals surface area contributed by atoms with E-state index in [1.54, 1.807) is 13.8 Å². The monoisotopic (exact) mass is 536 g/mol. The second-order valence-corrected chi connectivity index (χ2v) is 9.77. The van der Waals surface area contributed by atoms with Crippen molar-refractivity contribution >= 4 is 17.5 Å². The van der Waals surface area contributed by atoms with Crippen molar-refractivity contribution in [2.24, 2.45) is 0 Å². The molecule has 0 bridgehead atoms. The molecule has 0 saturated heterocycles. The second-order valence-electron chi connectivity index (χ2n) is 9.77. The Labute approximate surface area is 220 Å². The quantitative estimate of drug-likeness (QED) is 0.203. The van der Waals surface area contributed by atoms with Crippen LogP contribution in [0.4, 0.5) is 0 Å². The van der Waals surface area contributed by atoms with E-state index in [1.807, 2.05) is 0 Å². The maximum atomic E-state index is 13.5. The highest BCUT2D eigenvalue weighted by Gasteiger charge is 2.44. The molecule has 0 amide bonds. The lowest BCUT2D eigenvalue weighted by Crippen LogP contribution is -2.30. The van der Waals surface area contributed by atoms with Gasteiger partial charge in [-0.15, -0.1) is 0 Å². The van der Waals surface area contributed by atoms with E-state index in [4.69, 9.17) is 4.74 Å². The summed E-state index contributed by atoms with van der Waals surface area (Å²) in [7, 11) is 0. The molecule has 202 valence electrons. The number of phenolic OH excluding ortho intramolecular Hbond substituents is 3. The molecule has 1 aliphatic carbocycles. The lowest BCUT2D eigenvalue weighted by atomic mass is 9.77. The van der Waals surface area contributed by atoms with Crippen LogP contribution in [-0.4, -0.2) is 59.4 Å². The average Bonchev–Trinajstić information content (AvgIpc) is 2.86. The fourth-order valence-electron chi connectivity index (χ4n) is 5.60. The molecule has 0 unspecified atom stereocenters. The molecule has 11 nitrogen and oxygen atoms in total. The molecule has 0 saturated carbocycles. The van der Waals surface area contributed by atoms with Crippen LogP contribution in [0.3, 0.4) is 0 Å². The van der Waals surface area contributed by atoms with E-state index in [0.29, 0.717) is 5.56 Å². The van der Waals surface area contributed by atoms with Gasteiger partial charge in [-0.3, -0.25) is 9.59 Å². The fraction of sp³-hybridized carbons (Fsp3) is 0.250. The van der Waals surface area contributed by atoms with E-state index in [-0.39, 0.29) is 27.8 Å². The normalized spacial score (nSPS) is 19.8. The Morgan fingerprint density at radius 1 is 0.821 bits per heavy atom. The average molecular weight is 536 g/mol. The van der Waals surface area contributed by atoms with Gasteiger partial charge in [0.25, 0.3) is 0 Å². The zero-order valence-electron chi connectivity index (χ0n) is 20.9. The molecule has 7 N–H and O–H groups in total. The molecular weight excluding hydrogens is 512 g/mol. The number of aliphatic hydroxyl groups is 1. The van der Waals surface area contributed by atoms with E-state index in [2.05, 4.69) is 0 Å². The van der Waals surface area contributed by atoms with Crippen LogP contribution in [0.1, 0.15) is 95.9 Å². The number of benzene rings is 3. The first kappa shape index (κ1) is 26.0. The van der Waals surface area contributed by atoms with Gasteiger partial charge in [-0.1, -0.05) is 6.92 Å². The van der Waals surface area contributed by atoms with Gasteiger partial charge in [0.1, 0.15) is 40.4 Å². The summed E-state index contributed by atoms with van der Waals surface area (Å²) in [6.07, 6.45) is -2.15. The molecule has 3 atom stereocenters. The van der Waals surface area contributed by atoms with Gasteiger partial charge in [0.2, 0.25) is 5.78 Å². The third-order valence-electron chi connectivity index (χ3n) is 7.65. The Morgan fingerprint density at radius 3 is 2.08 bits per heavy atom. The molecule has 11 heteroatoms. The van der Waals surface area contributed by atoms with Crippen molar-refractivity contribution in [2.45, 2.75) is 45.5 Å². The molecule has 2 aliphatic rings. The van der Waals surface area contributed by atoms with Crippen LogP contribution in [0.25, 0.3) is 0 Å². The number of aromatic carboxylic acids is 1. The summed E-state index contributed by atoms with van der Waals surface area (Å²) in [6, 6.07) is 3.28. The van der Waals surface area contributed by atoms with E-state index >= 15 is 0 Å². The lowest BCUT2D eigenvalue weighted by molar-refractivity contribution is -0.0112. The summed E-state index contributed by atoms with van der Waals surface area (Å²) < 4.78 is 6.03. The van der Waals surface area contributed by atoms with Crippen molar-refractivity contribution in [2.75, 3.05) is 0 Å². The molecule has 3 aromatic rings.